The Kier molecular flexibility index (Phi) is 2.53. The highest BCUT2D eigenvalue weighted by Crippen LogP contribution is 2.18. The average Bonchev–Trinajstić information content (AvgIpc) is 1.98. The Morgan fingerprint density at radius 2 is 2.18 bits per heavy atom. The van der Waals surface area contributed by atoms with Crippen molar-refractivity contribution in [1.82, 2.24) is 0 Å². The van der Waals surface area contributed by atoms with E-state index >= 15 is 0 Å². The lowest BCUT2D eigenvalue weighted by atomic mass is 10.1. The van der Waals surface area contributed by atoms with Crippen molar-refractivity contribution in [3.05, 3.63) is 29.3 Å². The number of aryl methyl sites for hydroxylation is 2. The molecule has 0 aromatic heterocycles. The van der Waals surface area contributed by atoms with E-state index < -0.39 is 0 Å². The third kappa shape index (κ3) is 1.97. The van der Waals surface area contributed by atoms with E-state index in [0.29, 0.717) is 0 Å². The standard InChI is InChI=1S/C10H13O/c1-4-11-10-7-8(2)5-6-9(10)3/h6-7H,4H2,1-3H3. The van der Waals surface area contributed by atoms with Gasteiger partial charge in [-0.25, -0.2) is 0 Å². The van der Waals surface area contributed by atoms with E-state index in [1.54, 1.807) is 0 Å². The highest BCUT2D eigenvalue weighted by atomic mass is 16.5. The van der Waals surface area contributed by atoms with Crippen LogP contribution in [0.5, 0.6) is 5.75 Å². The molecule has 0 heterocycles. The maximum atomic E-state index is 5.40. The van der Waals surface area contributed by atoms with Crippen LogP contribution in [0.3, 0.4) is 0 Å². The van der Waals surface area contributed by atoms with Gasteiger partial charge in [0.25, 0.3) is 0 Å². The van der Waals surface area contributed by atoms with Crippen molar-refractivity contribution in [2.75, 3.05) is 6.61 Å². The summed E-state index contributed by atoms with van der Waals surface area (Å²) >= 11 is 0. The Balaban J connectivity index is 2.93. The normalized spacial score (nSPS) is 9.73. The van der Waals surface area contributed by atoms with E-state index in [1.165, 1.54) is 0 Å². The lowest BCUT2D eigenvalue weighted by Gasteiger charge is -2.06. The smallest absolute Gasteiger partial charge is 0.122 e. The molecule has 0 aliphatic rings. The first-order valence-corrected chi connectivity index (χ1v) is 3.85. The zero-order chi connectivity index (χ0) is 8.27. The number of rotatable bonds is 2. The SMILES string of the molecule is CCOc1cc(C)[c]cc1C. The van der Waals surface area contributed by atoms with Crippen LogP contribution in [-0.4, -0.2) is 6.61 Å². The number of hydrogen-bond donors (Lipinski definition) is 0. The molecule has 0 unspecified atom stereocenters. The van der Waals surface area contributed by atoms with E-state index in [2.05, 4.69) is 6.07 Å². The first kappa shape index (κ1) is 8.12. The lowest BCUT2D eigenvalue weighted by molar-refractivity contribution is 0.337. The van der Waals surface area contributed by atoms with Crippen LogP contribution in [-0.2, 0) is 0 Å². The molecule has 0 saturated heterocycles. The van der Waals surface area contributed by atoms with Crippen molar-refractivity contribution < 1.29 is 4.74 Å². The molecule has 59 valence electrons. The molecule has 11 heavy (non-hydrogen) atoms. The molecular weight excluding hydrogens is 136 g/mol. The molecule has 0 aliphatic carbocycles. The van der Waals surface area contributed by atoms with Crippen molar-refractivity contribution in [3.63, 3.8) is 0 Å². The Morgan fingerprint density at radius 3 is 2.82 bits per heavy atom. The van der Waals surface area contributed by atoms with Crippen molar-refractivity contribution in [3.8, 4) is 5.75 Å². The van der Waals surface area contributed by atoms with Crippen molar-refractivity contribution in [2.24, 2.45) is 0 Å². The molecule has 1 aromatic rings. The van der Waals surface area contributed by atoms with E-state index in [0.717, 1.165) is 23.5 Å². The van der Waals surface area contributed by atoms with Gasteiger partial charge in [0.2, 0.25) is 0 Å². The van der Waals surface area contributed by atoms with Gasteiger partial charge < -0.3 is 4.74 Å². The van der Waals surface area contributed by atoms with Crippen LogP contribution in [0, 0.1) is 19.9 Å². The Labute approximate surface area is 68.0 Å². The van der Waals surface area contributed by atoms with Crippen LogP contribution < -0.4 is 4.74 Å². The molecular formula is C10H13O. The largest absolute Gasteiger partial charge is 0.494 e. The molecule has 1 rings (SSSR count). The van der Waals surface area contributed by atoms with Crippen LogP contribution in [0.25, 0.3) is 0 Å². The predicted molar refractivity (Wildman–Crippen MR) is 45.9 cm³/mol. The Hall–Kier alpha value is -0.980. The van der Waals surface area contributed by atoms with Gasteiger partial charge in [0.1, 0.15) is 5.75 Å². The molecule has 0 spiro atoms. The van der Waals surface area contributed by atoms with Gasteiger partial charge in [-0.05, 0) is 50.1 Å². The highest BCUT2D eigenvalue weighted by Gasteiger charge is 1.97. The summed E-state index contributed by atoms with van der Waals surface area (Å²) in [7, 11) is 0. The molecule has 0 bridgehead atoms. The second-order valence-corrected chi connectivity index (χ2v) is 2.60. The summed E-state index contributed by atoms with van der Waals surface area (Å²) in [6.45, 7) is 6.76. The second kappa shape index (κ2) is 3.42. The number of benzene rings is 1. The third-order valence-corrected chi connectivity index (χ3v) is 1.55. The van der Waals surface area contributed by atoms with Crippen LogP contribution in [0.1, 0.15) is 18.1 Å². The van der Waals surface area contributed by atoms with Crippen LogP contribution in [0.15, 0.2) is 12.1 Å². The minimum atomic E-state index is 0.726. The molecule has 1 radical (unpaired) electrons. The van der Waals surface area contributed by atoms with E-state index in [1.807, 2.05) is 32.9 Å². The summed E-state index contributed by atoms with van der Waals surface area (Å²) in [5, 5.41) is 0. The number of hydrogen-bond acceptors (Lipinski definition) is 1. The summed E-state index contributed by atoms with van der Waals surface area (Å²) in [5.41, 5.74) is 2.27. The highest BCUT2D eigenvalue weighted by molar-refractivity contribution is 5.35. The zero-order valence-corrected chi connectivity index (χ0v) is 7.27. The average molecular weight is 149 g/mol. The lowest BCUT2D eigenvalue weighted by Crippen LogP contribution is -1.93. The fraction of sp³-hybridized carbons (Fsp3) is 0.400. The first-order chi connectivity index (χ1) is 5.24. The van der Waals surface area contributed by atoms with Crippen LogP contribution >= 0.6 is 0 Å². The van der Waals surface area contributed by atoms with Gasteiger partial charge in [-0.2, -0.15) is 0 Å². The molecule has 1 heteroatoms. The summed E-state index contributed by atoms with van der Waals surface area (Å²) in [6, 6.07) is 7.09. The summed E-state index contributed by atoms with van der Waals surface area (Å²) in [6.07, 6.45) is 0. The van der Waals surface area contributed by atoms with E-state index in [9.17, 15) is 0 Å². The van der Waals surface area contributed by atoms with Gasteiger partial charge >= 0.3 is 0 Å². The fourth-order valence-corrected chi connectivity index (χ4v) is 0.956. The molecule has 0 fully saturated rings. The molecule has 0 aliphatic heterocycles. The maximum Gasteiger partial charge on any atom is 0.122 e. The molecule has 0 N–H and O–H groups in total. The molecule has 1 aromatic carbocycles. The first-order valence-electron chi connectivity index (χ1n) is 3.85. The second-order valence-electron chi connectivity index (χ2n) is 2.60. The Bertz CT molecular complexity index is 241. The summed E-state index contributed by atoms with van der Waals surface area (Å²) in [4.78, 5) is 0. The van der Waals surface area contributed by atoms with Gasteiger partial charge in [-0.15, -0.1) is 0 Å². The predicted octanol–water partition coefficient (Wildman–Crippen LogP) is 2.50. The monoisotopic (exact) mass is 149 g/mol. The Morgan fingerprint density at radius 1 is 1.45 bits per heavy atom. The van der Waals surface area contributed by atoms with E-state index in [-0.39, 0.29) is 0 Å². The van der Waals surface area contributed by atoms with E-state index in [4.69, 9.17) is 4.74 Å². The molecule has 0 amide bonds. The summed E-state index contributed by atoms with van der Waals surface area (Å²) in [5.74, 6) is 0.976. The molecule has 0 atom stereocenters. The number of ether oxygens (including phenoxy) is 1. The van der Waals surface area contributed by atoms with Gasteiger partial charge in [-0.3, -0.25) is 0 Å². The topological polar surface area (TPSA) is 9.23 Å². The minimum absolute atomic E-state index is 0.726. The fourth-order valence-electron chi connectivity index (χ4n) is 0.956. The van der Waals surface area contributed by atoms with Crippen LogP contribution in [0.2, 0.25) is 0 Å². The van der Waals surface area contributed by atoms with Gasteiger partial charge in [-0.1, -0.05) is 0 Å². The van der Waals surface area contributed by atoms with Crippen molar-refractivity contribution in [2.45, 2.75) is 20.8 Å². The minimum Gasteiger partial charge on any atom is -0.494 e. The quantitative estimate of drug-likeness (QED) is 0.627. The van der Waals surface area contributed by atoms with Crippen molar-refractivity contribution in [1.29, 1.82) is 0 Å². The van der Waals surface area contributed by atoms with Crippen molar-refractivity contribution >= 4 is 0 Å². The zero-order valence-electron chi connectivity index (χ0n) is 7.27. The van der Waals surface area contributed by atoms with Gasteiger partial charge in [0.15, 0.2) is 0 Å². The van der Waals surface area contributed by atoms with Gasteiger partial charge in [0.05, 0.1) is 6.61 Å². The van der Waals surface area contributed by atoms with Gasteiger partial charge in [0, 0.05) is 0 Å². The molecule has 1 nitrogen and oxygen atoms in total. The third-order valence-electron chi connectivity index (χ3n) is 1.55. The maximum absolute atomic E-state index is 5.40. The van der Waals surface area contributed by atoms with Crippen LogP contribution in [0.4, 0.5) is 0 Å². The summed E-state index contributed by atoms with van der Waals surface area (Å²) < 4.78 is 5.40. The molecule has 0 saturated carbocycles.